The van der Waals surface area contributed by atoms with Gasteiger partial charge >= 0.3 is 0 Å². The molecule has 8 heteroatoms. The lowest BCUT2D eigenvalue weighted by molar-refractivity contribution is -0.144. The predicted octanol–water partition coefficient (Wildman–Crippen LogP) is 4.03. The molecule has 0 aromatic heterocycles. The average molecular weight is 586 g/mol. The Kier molecular flexibility index (Phi) is 8.54. The zero-order valence-electron chi connectivity index (χ0n) is 23.9. The molecular weight excluding hydrogens is 546 g/mol. The maximum Gasteiger partial charge on any atom is 0.247 e. The van der Waals surface area contributed by atoms with Gasteiger partial charge in [0, 0.05) is 44.6 Å². The number of hydrogen-bond donors (Lipinski definition) is 1. The molecule has 0 aliphatic carbocycles. The zero-order chi connectivity index (χ0) is 29.1. The molecule has 2 aromatic carbocycles. The van der Waals surface area contributed by atoms with Crippen LogP contribution < -0.4 is 0 Å². The monoisotopic (exact) mass is 585 g/mol. The second kappa shape index (κ2) is 12.5. The van der Waals surface area contributed by atoms with Crippen molar-refractivity contribution in [3.05, 3.63) is 96.1 Å². The van der Waals surface area contributed by atoms with E-state index in [9.17, 15) is 19.5 Å². The molecule has 0 bridgehead atoms. The first kappa shape index (κ1) is 28.7. The van der Waals surface area contributed by atoms with E-state index in [-0.39, 0.29) is 29.6 Å². The van der Waals surface area contributed by atoms with Crippen LogP contribution in [-0.2, 0) is 27.5 Å². The number of unbranched alkanes of at least 4 members (excludes halogenated alkanes) is 3. The highest BCUT2D eigenvalue weighted by atomic mass is 32.2. The topological polar surface area (TPSA) is 81.2 Å². The molecule has 0 radical (unpaired) electrons. The fourth-order valence-corrected chi connectivity index (χ4v) is 9.12. The number of carbonyl (C=O) groups excluding carboxylic acids is 3. The molecule has 2 saturated heterocycles. The first-order valence-corrected chi connectivity index (χ1v) is 16.0. The van der Waals surface area contributed by atoms with Crippen molar-refractivity contribution in [1.82, 2.24) is 14.7 Å². The SMILES string of the molecule is O=C1C2N(CCCCCCO)C(=O)[C@@H]3[C@H]4C(=O)N(Cc5ccccc5)CC=C[C@H]4S[C@]23C=CCN1Cc1ccccc1. The Hall–Kier alpha value is -3.36. The van der Waals surface area contributed by atoms with Gasteiger partial charge in [0.1, 0.15) is 6.04 Å². The standard InChI is InChI=1S/C34H39N3O4S/c38-22-10-2-1-9-21-37-30-33(41)36(24-26-15-7-4-8-16-26)20-12-18-34(30)29(32(37)40)28-27(42-34)17-11-19-35(31(28)39)23-25-13-5-3-6-14-25/h3-8,11-18,27-30,38H,1-2,9-10,19-24H2/t27-,28+,29+,30?,34+/m1/s1. The fraction of sp³-hybridized carbons (Fsp3) is 0.441. The summed E-state index contributed by atoms with van der Waals surface area (Å²) in [5, 5.41) is 9.04. The largest absolute Gasteiger partial charge is 0.396 e. The number of hydrogen-bond acceptors (Lipinski definition) is 5. The van der Waals surface area contributed by atoms with E-state index in [1.165, 1.54) is 0 Å². The van der Waals surface area contributed by atoms with Crippen molar-refractivity contribution in [2.75, 3.05) is 26.2 Å². The third-order valence-corrected chi connectivity index (χ3v) is 10.8. The molecule has 4 aliphatic rings. The molecule has 4 aliphatic heterocycles. The van der Waals surface area contributed by atoms with Gasteiger partial charge in [0.2, 0.25) is 17.7 Å². The third kappa shape index (κ3) is 5.31. The lowest BCUT2D eigenvalue weighted by Gasteiger charge is -2.35. The molecule has 5 atom stereocenters. The maximum atomic E-state index is 14.5. The summed E-state index contributed by atoms with van der Waals surface area (Å²) in [6.45, 7) is 2.57. The molecule has 1 unspecified atom stereocenters. The van der Waals surface area contributed by atoms with Crippen molar-refractivity contribution in [3.63, 3.8) is 0 Å². The summed E-state index contributed by atoms with van der Waals surface area (Å²) in [4.78, 5) is 48.7. The quantitative estimate of drug-likeness (QED) is 0.337. The average Bonchev–Trinajstić information content (AvgIpc) is 3.33. The first-order chi connectivity index (χ1) is 20.5. The molecule has 0 saturated carbocycles. The molecule has 2 aromatic rings. The van der Waals surface area contributed by atoms with Crippen LogP contribution >= 0.6 is 11.8 Å². The molecular formula is C34H39N3O4S. The van der Waals surface area contributed by atoms with Gasteiger partial charge in [0.15, 0.2) is 0 Å². The van der Waals surface area contributed by atoms with Gasteiger partial charge in [-0.3, -0.25) is 14.4 Å². The van der Waals surface area contributed by atoms with Crippen LogP contribution in [0.2, 0.25) is 0 Å². The predicted molar refractivity (Wildman–Crippen MR) is 164 cm³/mol. The van der Waals surface area contributed by atoms with Gasteiger partial charge < -0.3 is 19.8 Å². The summed E-state index contributed by atoms with van der Waals surface area (Å²) in [6.07, 6.45) is 11.5. The van der Waals surface area contributed by atoms with E-state index in [1.807, 2.05) is 76.5 Å². The molecule has 2 fully saturated rings. The normalized spacial score (nSPS) is 28.5. The third-order valence-electron chi connectivity index (χ3n) is 9.07. The summed E-state index contributed by atoms with van der Waals surface area (Å²) in [7, 11) is 0. The van der Waals surface area contributed by atoms with Crippen molar-refractivity contribution in [1.29, 1.82) is 0 Å². The summed E-state index contributed by atoms with van der Waals surface area (Å²) in [5.41, 5.74) is 2.10. The number of aliphatic hydroxyl groups excluding tert-OH is 1. The van der Waals surface area contributed by atoms with Gasteiger partial charge in [-0.25, -0.2) is 0 Å². The zero-order valence-corrected chi connectivity index (χ0v) is 24.7. The number of fused-ring (bicyclic) bond motifs is 2. The molecule has 1 N–H and O–H groups in total. The molecule has 7 nitrogen and oxygen atoms in total. The maximum absolute atomic E-state index is 14.5. The van der Waals surface area contributed by atoms with Crippen molar-refractivity contribution in [2.24, 2.45) is 11.8 Å². The van der Waals surface area contributed by atoms with Crippen LogP contribution in [0.3, 0.4) is 0 Å². The first-order valence-electron chi connectivity index (χ1n) is 15.1. The Balaban J connectivity index is 1.33. The minimum atomic E-state index is -0.796. The summed E-state index contributed by atoms with van der Waals surface area (Å²) in [5.74, 6) is -1.25. The van der Waals surface area contributed by atoms with Gasteiger partial charge in [0.25, 0.3) is 0 Å². The summed E-state index contributed by atoms with van der Waals surface area (Å²) < 4.78 is -0.796. The molecule has 3 amide bonds. The lowest BCUT2D eigenvalue weighted by Crippen LogP contribution is -2.53. The van der Waals surface area contributed by atoms with Crippen LogP contribution in [0.25, 0.3) is 0 Å². The smallest absolute Gasteiger partial charge is 0.247 e. The van der Waals surface area contributed by atoms with Gasteiger partial charge in [0.05, 0.1) is 16.6 Å². The summed E-state index contributed by atoms with van der Waals surface area (Å²) >= 11 is 1.64. The minimum Gasteiger partial charge on any atom is -0.396 e. The van der Waals surface area contributed by atoms with E-state index < -0.39 is 22.6 Å². The van der Waals surface area contributed by atoms with E-state index >= 15 is 0 Å². The highest BCUT2D eigenvalue weighted by Gasteiger charge is 2.70. The van der Waals surface area contributed by atoms with Gasteiger partial charge in [-0.05, 0) is 24.0 Å². The summed E-state index contributed by atoms with van der Waals surface area (Å²) in [6, 6.07) is 19.3. The molecule has 220 valence electrons. The van der Waals surface area contributed by atoms with Gasteiger partial charge in [-0.15, -0.1) is 11.8 Å². The number of aliphatic hydroxyl groups is 1. The molecule has 6 rings (SSSR count). The van der Waals surface area contributed by atoms with Crippen molar-refractivity contribution >= 4 is 29.5 Å². The van der Waals surface area contributed by atoms with Crippen molar-refractivity contribution < 1.29 is 19.5 Å². The lowest BCUT2D eigenvalue weighted by atomic mass is 9.78. The Labute approximate surface area is 252 Å². The van der Waals surface area contributed by atoms with Gasteiger partial charge in [-0.2, -0.15) is 0 Å². The van der Waals surface area contributed by atoms with E-state index in [1.54, 1.807) is 16.7 Å². The number of carbonyl (C=O) groups is 3. The van der Waals surface area contributed by atoms with Crippen LogP contribution in [0.4, 0.5) is 0 Å². The fourth-order valence-electron chi connectivity index (χ4n) is 7.12. The minimum absolute atomic E-state index is 0.00800. The van der Waals surface area contributed by atoms with E-state index in [4.69, 9.17) is 0 Å². The van der Waals surface area contributed by atoms with Crippen molar-refractivity contribution in [2.45, 2.75) is 54.8 Å². The number of amides is 3. The molecule has 1 spiro atoms. The van der Waals surface area contributed by atoms with Crippen LogP contribution in [-0.4, -0.2) is 79.8 Å². The number of likely N-dealkylation sites (tertiary alicyclic amines) is 1. The molecule has 42 heavy (non-hydrogen) atoms. The molecule has 4 heterocycles. The number of thioether (sulfide) groups is 1. The van der Waals surface area contributed by atoms with Crippen LogP contribution in [0.1, 0.15) is 36.8 Å². The number of rotatable bonds is 10. The Morgan fingerprint density at radius 2 is 1.38 bits per heavy atom. The van der Waals surface area contributed by atoms with E-state index in [2.05, 4.69) is 18.2 Å². The van der Waals surface area contributed by atoms with E-state index in [0.29, 0.717) is 32.7 Å². The highest BCUT2D eigenvalue weighted by molar-refractivity contribution is 8.02. The Morgan fingerprint density at radius 1 is 0.762 bits per heavy atom. The van der Waals surface area contributed by atoms with Crippen LogP contribution in [0.15, 0.2) is 85.0 Å². The highest BCUT2D eigenvalue weighted by Crippen LogP contribution is 2.61. The number of nitrogens with zero attached hydrogens (tertiary/aromatic N) is 3. The second-order valence-electron chi connectivity index (χ2n) is 11.8. The van der Waals surface area contributed by atoms with Gasteiger partial charge in [-0.1, -0.05) is 97.8 Å². The van der Waals surface area contributed by atoms with E-state index in [0.717, 1.165) is 36.8 Å². The van der Waals surface area contributed by atoms with Crippen LogP contribution in [0, 0.1) is 11.8 Å². The number of benzene rings is 2. The Bertz CT molecular complexity index is 1350. The second-order valence-corrected chi connectivity index (χ2v) is 13.2. The Morgan fingerprint density at radius 3 is 2.05 bits per heavy atom. The van der Waals surface area contributed by atoms with Crippen LogP contribution in [0.5, 0.6) is 0 Å². The van der Waals surface area contributed by atoms with Crippen molar-refractivity contribution in [3.8, 4) is 0 Å².